The first-order valence-corrected chi connectivity index (χ1v) is 9.36. The number of hydrogen-bond acceptors (Lipinski definition) is 4. The van der Waals surface area contributed by atoms with Crippen molar-refractivity contribution in [3.8, 4) is 0 Å². The number of aryl methyl sites for hydroxylation is 1. The van der Waals surface area contributed by atoms with E-state index < -0.39 is 20.8 Å². The van der Waals surface area contributed by atoms with Crippen molar-refractivity contribution < 1.29 is 9.72 Å². The number of alkyl halides is 3. The molecule has 1 amide bonds. The summed E-state index contributed by atoms with van der Waals surface area (Å²) in [5.74, 6) is -0.467. The van der Waals surface area contributed by atoms with Crippen LogP contribution in [0.5, 0.6) is 0 Å². The molecular formula is C17H15Cl3N4O3S. The summed E-state index contributed by atoms with van der Waals surface area (Å²) < 4.78 is -1.92. The molecule has 0 aliphatic heterocycles. The first-order chi connectivity index (χ1) is 13.1. The number of thiocarbonyl (C=S) groups is 1. The van der Waals surface area contributed by atoms with Gasteiger partial charge in [0, 0.05) is 23.4 Å². The number of nitro groups is 1. The van der Waals surface area contributed by atoms with Gasteiger partial charge in [0.1, 0.15) is 6.17 Å². The Bertz CT molecular complexity index is 905. The third-order valence-electron chi connectivity index (χ3n) is 3.47. The Morgan fingerprint density at radius 2 is 1.82 bits per heavy atom. The average Bonchev–Trinajstić information content (AvgIpc) is 2.60. The topological polar surface area (TPSA) is 96.3 Å². The number of carbonyl (C=O) groups excluding carboxylic acids is 1. The second-order valence-electron chi connectivity index (χ2n) is 5.72. The lowest BCUT2D eigenvalue weighted by Gasteiger charge is -2.27. The molecule has 11 heteroatoms. The van der Waals surface area contributed by atoms with Gasteiger partial charge in [-0.05, 0) is 37.3 Å². The third kappa shape index (κ3) is 6.49. The van der Waals surface area contributed by atoms with Gasteiger partial charge in [0.05, 0.1) is 4.92 Å². The fourth-order valence-electron chi connectivity index (χ4n) is 2.20. The summed E-state index contributed by atoms with van der Waals surface area (Å²) in [5, 5.41) is 18.9. The Morgan fingerprint density at radius 3 is 2.43 bits per heavy atom. The maximum Gasteiger partial charge on any atom is 0.271 e. The Kier molecular flexibility index (Phi) is 7.42. The van der Waals surface area contributed by atoms with Crippen LogP contribution in [0.3, 0.4) is 0 Å². The number of carbonyl (C=O) groups is 1. The third-order valence-corrected chi connectivity index (χ3v) is 4.35. The van der Waals surface area contributed by atoms with Gasteiger partial charge < -0.3 is 16.0 Å². The quantitative estimate of drug-likeness (QED) is 0.202. The van der Waals surface area contributed by atoms with Crippen molar-refractivity contribution >= 4 is 69.4 Å². The molecule has 2 aromatic rings. The molecule has 0 radical (unpaired) electrons. The fourth-order valence-corrected chi connectivity index (χ4v) is 2.76. The van der Waals surface area contributed by atoms with E-state index in [0.717, 1.165) is 5.56 Å². The van der Waals surface area contributed by atoms with E-state index in [1.54, 1.807) is 24.3 Å². The predicted molar refractivity (Wildman–Crippen MR) is 115 cm³/mol. The molecule has 148 valence electrons. The molecule has 0 heterocycles. The molecule has 1 atom stereocenters. The van der Waals surface area contributed by atoms with E-state index >= 15 is 0 Å². The maximum absolute atomic E-state index is 12.4. The summed E-state index contributed by atoms with van der Waals surface area (Å²) in [4.78, 5) is 22.8. The van der Waals surface area contributed by atoms with Crippen LogP contribution in [0, 0.1) is 17.0 Å². The predicted octanol–water partition coefficient (Wildman–Crippen LogP) is 4.32. The van der Waals surface area contributed by atoms with Gasteiger partial charge in [-0.25, -0.2) is 0 Å². The number of nitro benzene ring substituents is 1. The Morgan fingerprint density at radius 1 is 1.14 bits per heavy atom. The zero-order chi connectivity index (χ0) is 20.9. The zero-order valence-electron chi connectivity index (χ0n) is 14.4. The van der Waals surface area contributed by atoms with Gasteiger partial charge in [0.2, 0.25) is 3.79 Å². The first kappa shape index (κ1) is 22.2. The van der Waals surface area contributed by atoms with Crippen LogP contribution in [0.15, 0.2) is 48.5 Å². The van der Waals surface area contributed by atoms with Crippen molar-refractivity contribution in [2.24, 2.45) is 0 Å². The molecule has 0 bridgehead atoms. The number of anilines is 1. The van der Waals surface area contributed by atoms with Gasteiger partial charge in [-0.3, -0.25) is 14.9 Å². The van der Waals surface area contributed by atoms with Crippen LogP contribution in [-0.4, -0.2) is 25.9 Å². The molecule has 0 aliphatic carbocycles. The number of non-ortho nitro benzene ring substituents is 1. The number of amides is 1. The highest BCUT2D eigenvalue weighted by Gasteiger charge is 2.35. The highest BCUT2D eigenvalue weighted by molar-refractivity contribution is 7.80. The highest BCUT2D eigenvalue weighted by Crippen LogP contribution is 2.29. The number of nitrogens with one attached hydrogen (secondary N) is 3. The molecule has 7 nitrogen and oxygen atoms in total. The van der Waals surface area contributed by atoms with Gasteiger partial charge in [-0.15, -0.1) is 0 Å². The minimum absolute atomic E-state index is 0.00126. The Hall–Kier alpha value is -2.13. The van der Waals surface area contributed by atoms with E-state index in [9.17, 15) is 14.9 Å². The molecule has 2 rings (SSSR count). The molecule has 1 unspecified atom stereocenters. The minimum atomic E-state index is -1.92. The van der Waals surface area contributed by atoms with Gasteiger partial charge in [-0.1, -0.05) is 58.6 Å². The van der Waals surface area contributed by atoms with E-state index in [0.29, 0.717) is 11.3 Å². The fraction of sp³-hybridized carbons (Fsp3) is 0.176. The van der Waals surface area contributed by atoms with Crippen molar-refractivity contribution in [2.75, 3.05) is 5.32 Å². The second-order valence-corrected chi connectivity index (χ2v) is 8.50. The summed E-state index contributed by atoms with van der Waals surface area (Å²) in [7, 11) is 0. The molecule has 0 saturated carbocycles. The number of hydrogen-bond donors (Lipinski definition) is 3. The number of halogens is 3. The zero-order valence-corrected chi connectivity index (χ0v) is 17.5. The summed E-state index contributed by atoms with van der Waals surface area (Å²) >= 11 is 23.0. The Labute approximate surface area is 181 Å². The molecule has 0 aromatic heterocycles. The van der Waals surface area contributed by atoms with Crippen LogP contribution in [-0.2, 0) is 0 Å². The Balaban J connectivity index is 2.09. The van der Waals surface area contributed by atoms with Crippen LogP contribution < -0.4 is 16.0 Å². The van der Waals surface area contributed by atoms with Crippen molar-refractivity contribution in [2.45, 2.75) is 16.9 Å². The van der Waals surface area contributed by atoms with E-state index in [2.05, 4.69) is 16.0 Å². The number of nitrogens with zero attached hydrogens (tertiary/aromatic N) is 1. The lowest BCUT2D eigenvalue weighted by molar-refractivity contribution is -0.384. The summed E-state index contributed by atoms with van der Waals surface area (Å²) in [6, 6.07) is 12.6. The van der Waals surface area contributed by atoms with Crippen LogP contribution >= 0.6 is 47.0 Å². The molecule has 0 fully saturated rings. The molecule has 3 N–H and O–H groups in total. The van der Waals surface area contributed by atoms with Crippen molar-refractivity contribution in [3.05, 3.63) is 69.8 Å². The molecule has 2 aromatic carbocycles. The van der Waals surface area contributed by atoms with Crippen molar-refractivity contribution in [1.29, 1.82) is 0 Å². The smallest absolute Gasteiger partial charge is 0.271 e. The molecule has 0 saturated heterocycles. The van der Waals surface area contributed by atoms with Crippen LogP contribution in [0.2, 0.25) is 0 Å². The van der Waals surface area contributed by atoms with Gasteiger partial charge in [0.15, 0.2) is 5.11 Å². The van der Waals surface area contributed by atoms with Crippen molar-refractivity contribution in [3.63, 3.8) is 0 Å². The first-order valence-electron chi connectivity index (χ1n) is 7.82. The summed E-state index contributed by atoms with van der Waals surface area (Å²) in [6.07, 6.45) is -1.16. The molecule has 28 heavy (non-hydrogen) atoms. The lowest BCUT2D eigenvalue weighted by Crippen LogP contribution is -2.56. The number of benzene rings is 2. The second kappa shape index (κ2) is 9.38. The largest absolute Gasteiger partial charge is 0.339 e. The maximum atomic E-state index is 12.4. The SMILES string of the molecule is Cc1cccc(C(=O)NC(NC(=S)Nc2cccc([N+](=O)[O-])c2)C(Cl)(Cl)Cl)c1. The van der Waals surface area contributed by atoms with Gasteiger partial charge in [-0.2, -0.15) is 0 Å². The summed E-state index contributed by atoms with van der Waals surface area (Å²) in [6.45, 7) is 1.85. The lowest BCUT2D eigenvalue weighted by atomic mass is 10.1. The van der Waals surface area contributed by atoms with E-state index in [1.807, 2.05) is 13.0 Å². The molecular weight excluding hydrogens is 447 g/mol. The monoisotopic (exact) mass is 460 g/mol. The average molecular weight is 462 g/mol. The normalized spacial score (nSPS) is 12.0. The minimum Gasteiger partial charge on any atom is -0.339 e. The van der Waals surface area contributed by atoms with Crippen LogP contribution in [0.1, 0.15) is 15.9 Å². The van der Waals surface area contributed by atoms with Crippen LogP contribution in [0.25, 0.3) is 0 Å². The van der Waals surface area contributed by atoms with E-state index in [1.165, 1.54) is 18.2 Å². The van der Waals surface area contributed by atoms with E-state index in [4.69, 9.17) is 47.0 Å². The van der Waals surface area contributed by atoms with E-state index in [-0.39, 0.29) is 10.8 Å². The number of rotatable bonds is 5. The van der Waals surface area contributed by atoms with Gasteiger partial charge >= 0.3 is 0 Å². The molecule has 0 spiro atoms. The van der Waals surface area contributed by atoms with Crippen LogP contribution in [0.4, 0.5) is 11.4 Å². The summed E-state index contributed by atoms with van der Waals surface area (Å²) in [5.41, 5.74) is 1.53. The van der Waals surface area contributed by atoms with Gasteiger partial charge in [0.25, 0.3) is 11.6 Å². The highest BCUT2D eigenvalue weighted by atomic mass is 35.6. The molecule has 0 aliphatic rings. The standard InChI is InChI=1S/C17H15Cl3N4O3S/c1-10-4-2-5-11(8-10)14(25)22-15(17(18,19)20)23-16(28)21-12-6-3-7-13(9-12)24(26)27/h2-9,15H,1H3,(H,22,25)(H2,21,23,28). The van der Waals surface area contributed by atoms with Crippen molar-refractivity contribution in [1.82, 2.24) is 10.6 Å².